The first-order valence-corrected chi connectivity index (χ1v) is 18.8. The Labute approximate surface area is 259 Å². The lowest BCUT2D eigenvalue weighted by Gasteiger charge is -2.46. The van der Waals surface area contributed by atoms with E-state index in [2.05, 4.69) is 10.6 Å². The molecule has 6 N–H and O–H groups in total. The van der Waals surface area contributed by atoms with E-state index in [1.807, 2.05) is 69.2 Å². The Kier molecular flexibility index (Phi) is 13.2. The molecule has 0 radical (unpaired) electrons. The number of piperidine rings is 2. The third-order valence-corrected chi connectivity index (χ3v) is 10.4. The largest absolute Gasteiger partial charge is 0.390 e. The molecule has 2 saturated heterocycles. The topological polar surface area (TPSA) is 176 Å². The highest BCUT2D eigenvalue weighted by atomic mass is 31.2. The first-order chi connectivity index (χ1) is 19.2. The quantitative estimate of drug-likeness (QED) is 0.133. The van der Waals surface area contributed by atoms with Crippen LogP contribution in [0.1, 0.15) is 94.9 Å². The summed E-state index contributed by atoms with van der Waals surface area (Å²) in [5.41, 5.74) is -1.50. The lowest BCUT2D eigenvalue weighted by Crippen LogP contribution is -2.59. The average Bonchev–Trinajstić information content (AvgIpc) is 2.66. The van der Waals surface area contributed by atoms with E-state index in [0.29, 0.717) is 25.7 Å². The Hall–Kier alpha value is 0.0600. The second-order valence-electron chi connectivity index (χ2n) is 16.2. The maximum absolute atomic E-state index is 12.8. The molecule has 2 aliphatic rings. The molecule has 4 unspecified atom stereocenters. The number of aliphatic hydroxyl groups excluding tert-OH is 2. The molecule has 0 spiro atoms. The fraction of sp³-hybridized carbons (Fsp3) is 1.00. The van der Waals surface area contributed by atoms with Gasteiger partial charge in [0.2, 0.25) is 0 Å². The first-order valence-electron chi connectivity index (χ1n) is 15.3. The van der Waals surface area contributed by atoms with Crippen LogP contribution < -0.4 is 10.6 Å². The summed E-state index contributed by atoms with van der Waals surface area (Å²) in [6.07, 6.45) is -1.74. The molecule has 0 aromatic rings. The number of rotatable bonds is 16. The van der Waals surface area contributed by atoms with E-state index in [0.717, 1.165) is 0 Å². The van der Waals surface area contributed by atoms with Crippen molar-refractivity contribution in [1.82, 2.24) is 10.6 Å². The molecular formula is C29H60N2O10P2. The first kappa shape index (κ1) is 39.2. The zero-order chi connectivity index (χ0) is 33.1. The van der Waals surface area contributed by atoms with Gasteiger partial charge in [0.1, 0.15) is 0 Å². The van der Waals surface area contributed by atoms with Crippen LogP contribution in [0.3, 0.4) is 0 Å². The molecule has 256 valence electrons. The third-order valence-electron chi connectivity index (χ3n) is 7.42. The van der Waals surface area contributed by atoms with Crippen LogP contribution in [0.15, 0.2) is 0 Å². The molecule has 0 aliphatic carbocycles. The van der Waals surface area contributed by atoms with Gasteiger partial charge < -0.3 is 49.2 Å². The SMILES string of the molecule is CC(C)(COCC(O)CP(=O)(O)OC1CC(C)(C)NC(C)(C)C1)COCC(O)CP(=O)(O)OC1CC(C)(C)NC(C)(C)C1. The van der Waals surface area contributed by atoms with Crippen molar-refractivity contribution in [2.45, 2.75) is 141 Å². The molecule has 0 saturated carbocycles. The van der Waals surface area contributed by atoms with E-state index in [1.54, 1.807) is 0 Å². The zero-order valence-electron chi connectivity index (χ0n) is 28.0. The molecule has 2 heterocycles. The highest BCUT2D eigenvalue weighted by Crippen LogP contribution is 2.48. The smallest absolute Gasteiger partial charge is 0.331 e. The zero-order valence-corrected chi connectivity index (χ0v) is 29.8. The van der Waals surface area contributed by atoms with Crippen LogP contribution >= 0.6 is 15.2 Å². The van der Waals surface area contributed by atoms with Gasteiger partial charge in [-0.25, -0.2) is 0 Å². The van der Waals surface area contributed by atoms with Crippen LogP contribution in [0, 0.1) is 5.41 Å². The monoisotopic (exact) mass is 658 g/mol. The van der Waals surface area contributed by atoms with Gasteiger partial charge in [0.15, 0.2) is 0 Å². The normalized spacial score (nSPS) is 26.7. The summed E-state index contributed by atoms with van der Waals surface area (Å²) >= 11 is 0. The summed E-state index contributed by atoms with van der Waals surface area (Å²) < 4.78 is 47.9. The second-order valence-corrected chi connectivity index (χ2v) is 19.9. The standard InChI is InChI=1S/C29H60N2O10P2/c1-25(2,19-38-15-21(32)17-42(34,35)40-23-11-26(3,4)30-27(5,6)12-23)20-39-16-22(33)18-43(36,37)41-24-13-28(7,8)31-29(9,10)14-24/h21-24,30-33H,11-20H2,1-10H3,(H,34,35)(H,36,37). The van der Waals surface area contributed by atoms with Crippen LogP contribution in [0.5, 0.6) is 0 Å². The maximum atomic E-state index is 12.8. The van der Waals surface area contributed by atoms with Crippen LogP contribution in [0.4, 0.5) is 0 Å². The highest BCUT2D eigenvalue weighted by Gasteiger charge is 2.42. The summed E-state index contributed by atoms with van der Waals surface area (Å²) in [6.45, 7) is 20.0. The van der Waals surface area contributed by atoms with E-state index in [-0.39, 0.29) is 48.6 Å². The fourth-order valence-corrected chi connectivity index (χ4v) is 9.46. The Balaban J connectivity index is 1.71. The van der Waals surface area contributed by atoms with E-state index in [4.69, 9.17) is 18.5 Å². The molecule has 4 atom stereocenters. The molecule has 14 heteroatoms. The molecule has 0 aromatic heterocycles. The van der Waals surface area contributed by atoms with E-state index < -0.39 is 57.3 Å². The highest BCUT2D eigenvalue weighted by molar-refractivity contribution is 7.53. The molecule has 0 bridgehead atoms. The summed E-state index contributed by atoms with van der Waals surface area (Å²) in [5, 5.41) is 27.7. The predicted molar refractivity (Wildman–Crippen MR) is 168 cm³/mol. The fourth-order valence-electron chi connectivity index (χ4n) is 6.78. The summed E-state index contributed by atoms with van der Waals surface area (Å²) in [7, 11) is -8.10. The van der Waals surface area contributed by atoms with Crippen molar-refractivity contribution in [3.05, 3.63) is 0 Å². The third kappa shape index (κ3) is 15.5. The molecule has 2 fully saturated rings. The van der Waals surface area contributed by atoms with Crippen molar-refractivity contribution in [3.63, 3.8) is 0 Å². The van der Waals surface area contributed by atoms with Gasteiger partial charge in [-0.15, -0.1) is 0 Å². The number of hydrogen-bond acceptors (Lipinski definition) is 10. The minimum atomic E-state index is -4.05. The minimum absolute atomic E-state index is 0.154. The Morgan fingerprint density at radius 2 is 0.953 bits per heavy atom. The number of hydrogen-bond donors (Lipinski definition) is 6. The van der Waals surface area contributed by atoms with Crippen LogP contribution in [0.2, 0.25) is 0 Å². The Morgan fingerprint density at radius 3 is 1.23 bits per heavy atom. The van der Waals surface area contributed by atoms with E-state index in [1.165, 1.54) is 0 Å². The van der Waals surface area contributed by atoms with Gasteiger partial charge in [-0.1, -0.05) is 13.8 Å². The summed E-state index contributed by atoms with van der Waals surface area (Å²) in [4.78, 5) is 20.9. The molecule has 2 aliphatic heterocycles. The average molecular weight is 659 g/mol. The molecule has 0 aromatic carbocycles. The van der Waals surface area contributed by atoms with Crippen molar-refractivity contribution in [1.29, 1.82) is 0 Å². The van der Waals surface area contributed by atoms with Crippen LogP contribution in [-0.2, 0) is 27.7 Å². The molecule has 12 nitrogen and oxygen atoms in total. The second kappa shape index (κ2) is 14.4. The predicted octanol–water partition coefficient (Wildman–Crippen LogP) is 3.79. The van der Waals surface area contributed by atoms with Crippen molar-refractivity contribution in [3.8, 4) is 0 Å². The van der Waals surface area contributed by atoms with E-state index in [9.17, 15) is 29.1 Å². The molecule has 43 heavy (non-hydrogen) atoms. The van der Waals surface area contributed by atoms with Gasteiger partial charge in [0.05, 0.1) is 63.2 Å². The minimum Gasteiger partial charge on any atom is -0.390 e. The van der Waals surface area contributed by atoms with E-state index >= 15 is 0 Å². The lowest BCUT2D eigenvalue weighted by molar-refractivity contribution is -0.0415. The molecule has 2 rings (SSSR count). The number of aliphatic hydroxyl groups is 2. The summed E-state index contributed by atoms with van der Waals surface area (Å²) in [6, 6.07) is 0. The Morgan fingerprint density at radius 1 is 0.674 bits per heavy atom. The van der Waals surface area contributed by atoms with Crippen molar-refractivity contribution >= 4 is 15.2 Å². The Bertz CT molecular complexity index is 896. The van der Waals surface area contributed by atoms with Crippen molar-refractivity contribution < 1.29 is 47.7 Å². The van der Waals surface area contributed by atoms with Gasteiger partial charge in [0.25, 0.3) is 0 Å². The van der Waals surface area contributed by atoms with Crippen LogP contribution in [0.25, 0.3) is 0 Å². The number of ether oxygens (including phenoxy) is 2. The van der Waals surface area contributed by atoms with Crippen molar-refractivity contribution in [2.24, 2.45) is 5.41 Å². The van der Waals surface area contributed by atoms with Gasteiger partial charge in [-0.2, -0.15) is 0 Å². The molecule has 0 amide bonds. The van der Waals surface area contributed by atoms with Gasteiger partial charge >= 0.3 is 15.2 Å². The number of nitrogens with one attached hydrogen (secondary N) is 2. The lowest BCUT2D eigenvalue weighted by atomic mass is 9.81. The van der Waals surface area contributed by atoms with Gasteiger partial charge in [0, 0.05) is 27.6 Å². The van der Waals surface area contributed by atoms with Crippen molar-refractivity contribution in [2.75, 3.05) is 38.8 Å². The van der Waals surface area contributed by atoms with Gasteiger partial charge in [-0.05, 0) is 81.1 Å². The maximum Gasteiger partial charge on any atom is 0.331 e. The van der Waals surface area contributed by atoms with Crippen LogP contribution in [-0.4, -0.2) is 105 Å². The molecular weight excluding hydrogens is 598 g/mol. The van der Waals surface area contributed by atoms with Gasteiger partial charge in [-0.3, -0.25) is 9.13 Å². The summed E-state index contributed by atoms with van der Waals surface area (Å²) in [5.74, 6) is 0.